The van der Waals surface area contributed by atoms with E-state index in [2.05, 4.69) is 33.2 Å². The molecule has 100 valence electrons. The van der Waals surface area contributed by atoms with Gasteiger partial charge in [0.2, 0.25) is 0 Å². The lowest BCUT2D eigenvalue weighted by molar-refractivity contribution is 0.727. The summed E-state index contributed by atoms with van der Waals surface area (Å²) >= 11 is 5.33. The summed E-state index contributed by atoms with van der Waals surface area (Å²) in [5, 5.41) is 4.44. The molecule has 2 aromatic heterocycles. The molecule has 2 heterocycles. The Morgan fingerprint density at radius 3 is 3.00 bits per heavy atom. The number of rotatable bonds is 5. The van der Waals surface area contributed by atoms with Crippen molar-refractivity contribution in [3.8, 4) is 10.7 Å². The van der Waals surface area contributed by atoms with Gasteiger partial charge in [-0.3, -0.25) is 4.98 Å². The average molecular weight is 338 g/mol. The predicted molar refractivity (Wildman–Crippen MR) is 82.4 cm³/mol. The fourth-order valence-electron chi connectivity index (χ4n) is 2.05. The minimum Gasteiger partial charge on any atom is -0.312 e. The Morgan fingerprint density at radius 1 is 1.47 bits per heavy atom. The Labute approximate surface area is 125 Å². The predicted octanol–water partition coefficient (Wildman–Crippen LogP) is 3.95. The molecule has 0 aromatic carbocycles. The number of nitrogens with zero attached hydrogens (tertiary/aromatic N) is 2. The van der Waals surface area contributed by atoms with Crippen molar-refractivity contribution < 1.29 is 0 Å². The highest BCUT2D eigenvalue weighted by Gasteiger charge is 2.30. The maximum Gasteiger partial charge on any atom is 0.143 e. The molecule has 0 atom stereocenters. The number of halogens is 1. The molecule has 2 aromatic rings. The van der Waals surface area contributed by atoms with Crippen molar-refractivity contribution in [1.82, 2.24) is 15.3 Å². The first-order valence-corrected chi connectivity index (χ1v) is 8.21. The average Bonchev–Trinajstić information content (AvgIpc) is 3.18. The third kappa shape index (κ3) is 2.88. The molecule has 3 rings (SSSR count). The lowest BCUT2D eigenvalue weighted by atomic mass is 10.2. The summed E-state index contributed by atoms with van der Waals surface area (Å²) in [4.78, 5) is 10.7. The molecule has 0 aliphatic heterocycles. The molecular weight excluding hydrogens is 322 g/mol. The summed E-state index contributed by atoms with van der Waals surface area (Å²) in [6.07, 6.45) is 4.39. The van der Waals surface area contributed by atoms with Crippen LogP contribution in [0, 0.1) is 0 Å². The normalized spacial score (nSPS) is 14.8. The summed E-state index contributed by atoms with van der Waals surface area (Å²) in [6.45, 7) is 4.04. The van der Waals surface area contributed by atoms with Crippen LogP contribution in [-0.2, 0) is 6.54 Å². The van der Waals surface area contributed by atoms with Gasteiger partial charge in [0.05, 0.1) is 5.69 Å². The number of aromatic nitrogens is 2. The third-order valence-electron chi connectivity index (χ3n) is 3.19. The van der Waals surface area contributed by atoms with E-state index in [-0.39, 0.29) is 0 Å². The van der Waals surface area contributed by atoms with Gasteiger partial charge in [-0.2, -0.15) is 0 Å². The van der Waals surface area contributed by atoms with Gasteiger partial charge in [0.25, 0.3) is 0 Å². The molecule has 1 N–H and O–H groups in total. The molecule has 0 bridgehead atoms. The number of nitrogens with one attached hydrogen (secondary N) is 1. The highest BCUT2D eigenvalue weighted by atomic mass is 79.9. The fraction of sp³-hybridized carbons (Fsp3) is 0.429. The summed E-state index contributed by atoms with van der Waals surface area (Å²) in [5.74, 6) is 0.682. The maximum absolute atomic E-state index is 4.84. The lowest BCUT2D eigenvalue weighted by Crippen LogP contribution is -2.11. The van der Waals surface area contributed by atoms with Crippen LogP contribution in [0.2, 0.25) is 0 Å². The smallest absolute Gasteiger partial charge is 0.143 e. The minimum absolute atomic E-state index is 0.682. The van der Waals surface area contributed by atoms with E-state index in [1.165, 1.54) is 23.4 Å². The molecule has 1 fully saturated rings. The molecule has 0 amide bonds. The van der Waals surface area contributed by atoms with E-state index in [9.17, 15) is 0 Å². The van der Waals surface area contributed by atoms with E-state index >= 15 is 0 Å². The van der Waals surface area contributed by atoms with Gasteiger partial charge in [-0.15, -0.1) is 11.3 Å². The first-order valence-electron chi connectivity index (χ1n) is 6.60. The van der Waals surface area contributed by atoms with Gasteiger partial charge in [-0.05, 0) is 47.4 Å². The Bertz CT molecular complexity index is 578. The minimum atomic E-state index is 0.682. The summed E-state index contributed by atoms with van der Waals surface area (Å²) in [5.41, 5.74) is 2.25. The van der Waals surface area contributed by atoms with E-state index in [0.717, 1.165) is 28.3 Å². The van der Waals surface area contributed by atoms with Crippen molar-refractivity contribution in [2.24, 2.45) is 0 Å². The van der Waals surface area contributed by atoms with Gasteiger partial charge in [0, 0.05) is 28.0 Å². The largest absolute Gasteiger partial charge is 0.312 e. The van der Waals surface area contributed by atoms with E-state index in [4.69, 9.17) is 4.98 Å². The molecule has 0 saturated heterocycles. The Morgan fingerprint density at radius 2 is 2.32 bits per heavy atom. The van der Waals surface area contributed by atoms with Crippen molar-refractivity contribution in [2.75, 3.05) is 6.54 Å². The van der Waals surface area contributed by atoms with Crippen LogP contribution in [-0.4, -0.2) is 16.5 Å². The maximum atomic E-state index is 4.84. The summed E-state index contributed by atoms with van der Waals surface area (Å²) in [7, 11) is 0. The lowest BCUT2D eigenvalue weighted by Gasteiger charge is -2.00. The number of thiazole rings is 1. The summed E-state index contributed by atoms with van der Waals surface area (Å²) in [6, 6.07) is 3.95. The quantitative estimate of drug-likeness (QED) is 0.897. The highest BCUT2D eigenvalue weighted by Crippen LogP contribution is 2.44. The second-order valence-corrected chi connectivity index (χ2v) is 6.65. The van der Waals surface area contributed by atoms with Crippen LogP contribution in [0.4, 0.5) is 0 Å². The topological polar surface area (TPSA) is 37.8 Å². The number of pyridine rings is 1. The molecule has 0 radical (unpaired) electrons. The van der Waals surface area contributed by atoms with Crippen LogP contribution in [0.15, 0.2) is 22.8 Å². The van der Waals surface area contributed by atoms with Crippen LogP contribution in [0.25, 0.3) is 10.7 Å². The van der Waals surface area contributed by atoms with Crippen molar-refractivity contribution in [3.05, 3.63) is 33.4 Å². The number of hydrogen-bond acceptors (Lipinski definition) is 4. The highest BCUT2D eigenvalue weighted by molar-refractivity contribution is 9.10. The molecule has 1 aliphatic carbocycles. The standard InChI is InChI=1S/C14H16BrN3S/c1-2-16-8-11-12(9-5-6-9)18-14(19-11)13-10(15)4-3-7-17-13/h3-4,7,9,16H,2,5-6,8H2,1H3. The van der Waals surface area contributed by atoms with Gasteiger partial charge in [-0.1, -0.05) is 6.92 Å². The Hall–Kier alpha value is -0.780. The first-order chi connectivity index (χ1) is 9.29. The molecule has 19 heavy (non-hydrogen) atoms. The van der Waals surface area contributed by atoms with Crippen molar-refractivity contribution >= 4 is 27.3 Å². The van der Waals surface area contributed by atoms with E-state index in [1.807, 2.05) is 18.3 Å². The SMILES string of the molecule is CCNCc1sc(-c2ncccc2Br)nc1C1CC1. The molecular formula is C14H16BrN3S. The van der Waals surface area contributed by atoms with Crippen LogP contribution >= 0.6 is 27.3 Å². The van der Waals surface area contributed by atoms with Gasteiger partial charge < -0.3 is 5.32 Å². The molecule has 3 nitrogen and oxygen atoms in total. The second-order valence-electron chi connectivity index (χ2n) is 4.72. The fourth-order valence-corrected chi connectivity index (χ4v) is 3.75. The van der Waals surface area contributed by atoms with E-state index in [1.54, 1.807) is 11.3 Å². The van der Waals surface area contributed by atoms with Crippen molar-refractivity contribution in [3.63, 3.8) is 0 Å². The van der Waals surface area contributed by atoms with Gasteiger partial charge in [0.1, 0.15) is 10.7 Å². The van der Waals surface area contributed by atoms with Gasteiger partial charge in [-0.25, -0.2) is 4.98 Å². The van der Waals surface area contributed by atoms with Crippen molar-refractivity contribution in [1.29, 1.82) is 0 Å². The van der Waals surface area contributed by atoms with Crippen LogP contribution in [0.5, 0.6) is 0 Å². The summed E-state index contributed by atoms with van der Waals surface area (Å²) < 4.78 is 1.01. The van der Waals surface area contributed by atoms with Crippen LogP contribution in [0.1, 0.15) is 36.3 Å². The zero-order chi connectivity index (χ0) is 13.2. The van der Waals surface area contributed by atoms with Crippen LogP contribution in [0.3, 0.4) is 0 Å². The monoisotopic (exact) mass is 337 g/mol. The molecule has 0 unspecified atom stereocenters. The first kappa shape index (κ1) is 13.2. The van der Waals surface area contributed by atoms with Gasteiger partial charge in [0.15, 0.2) is 0 Å². The number of hydrogen-bond donors (Lipinski definition) is 1. The van der Waals surface area contributed by atoms with E-state index < -0.39 is 0 Å². The molecule has 5 heteroatoms. The molecule has 0 spiro atoms. The Kier molecular flexibility index (Phi) is 3.96. The Balaban J connectivity index is 1.96. The zero-order valence-electron chi connectivity index (χ0n) is 10.8. The van der Waals surface area contributed by atoms with Crippen molar-refractivity contribution in [2.45, 2.75) is 32.2 Å². The molecule has 1 saturated carbocycles. The second kappa shape index (κ2) is 5.69. The van der Waals surface area contributed by atoms with Crippen LogP contribution < -0.4 is 5.32 Å². The van der Waals surface area contributed by atoms with Gasteiger partial charge >= 0.3 is 0 Å². The van der Waals surface area contributed by atoms with E-state index in [0.29, 0.717) is 5.92 Å². The molecule has 1 aliphatic rings. The zero-order valence-corrected chi connectivity index (χ0v) is 13.2. The third-order valence-corrected chi connectivity index (χ3v) is 4.91.